The summed E-state index contributed by atoms with van der Waals surface area (Å²) in [5.41, 5.74) is 0. The third-order valence-corrected chi connectivity index (χ3v) is 4.71. The Morgan fingerprint density at radius 1 is 1.29 bits per heavy atom. The van der Waals surface area contributed by atoms with Crippen molar-refractivity contribution < 1.29 is 9.47 Å². The summed E-state index contributed by atoms with van der Waals surface area (Å²) in [7, 11) is 0. The number of thioether (sulfide) groups is 1. The molecular weight excluding hydrogens is 284 g/mol. The van der Waals surface area contributed by atoms with Crippen LogP contribution in [-0.2, 0) is 0 Å². The van der Waals surface area contributed by atoms with E-state index in [1.165, 1.54) is 0 Å². The highest BCUT2D eigenvalue weighted by Gasteiger charge is 2.14. The van der Waals surface area contributed by atoms with Gasteiger partial charge in [-0.2, -0.15) is 11.8 Å². The average molecular weight is 304 g/mol. The van der Waals surface area contributed by atoms with Gasteiger partial charge in [-0.1, -0.05) is 6.92 Å². The number of hydrogen-bond acceptors (Lipinski definition) is 5. The monoisotopic (exact) mass is 304 g/mol. The molecule has 0 amide bonds. The van der Waals surface area contributed by atoms with E-state index in [0.717, 1.165) is 41.1 Å². The fourth-order valence-corrected chi connectivity index (χ4v) is 2.72. The van der Waals surface area contributed by atoms with E-state index in [-0.39, 0.29) is 0 Å². The minimum absolute atomic E-state index is 0.604. The van der Waals surface area contributed by atoms with E-state index in [9.17, 15) is 0 Å². The Kier molecular flexibility index (Phi) is 4.39. The van der Waals surface area contributed by atoms with Crippen LogP contribution in [-0.4, -0.2) is 36.2 Å². The molecule has 3 rings (SSSR count). The molecule has 0 fully saturated rings. The fraction of sp³-hybridized carbons (Fsp3) is 0.438. The predicted octanol–water partition coefficient (Wildman–Crippen LogP) is 3.56. The van der Waals surface area contributed by atoms with Crippen molar-refractivity contribution >= 4 is 28.4 Å². The summed E-state index contributed by atoms with van der Waals surface area (Å²) in [6.45, 7) is 4.38. The summed E-state index contributed by atoms with van der Waals surface area (Å²) in [4.78, 5) is 4.46. The number of nitrogens with zero attached hydrogens (tertiary/aromatic N) is 1. The SMILES string of the molecule is CSC(C)CCNc1nccc2cc3c(cc12)OCCO3. The molecule has 0 radical (unpaired) electrons. The van der Waals surface area contributed by atoms with Crippen molar-refractivity contribution in [2.24, 2.45) is 0 Å². The number of anilines is 1. The zero-order valence-corrected chi connectivity index (χ0v) is 13.2. The van der Waals surface area contributed by atoms with Gasteiger partial charge in [0.1, 0.15) is 19.0 Å². The number of benzene rings is 1. The van der Waals surface area contributed by atoms with Crippen molar-refractivity contribution in [3.8, 4) is 11.5 Å². The highest BCUT2D eigenvalue weighted by Crippen LogP contribution is 2.36. The number of rotatable bonds is 5. The minimum Gasteiger partial charge on any atom is -0.486 e. The molecule has 1 aromatic carbocycles. The van der Waals surface area contributed by atoms with Gasteiger partial charge in [0, 0.05) is 23.4 Å². The molecule has 1 N–H and O–H groups in total. The Morgan fingerprint density at radius 3 is 2.81 bits per heavy atom. The first-order valence-corrected chi connectivity index (χ1v) is 8.52. The maximum absolute atomic E-state index is 5.66. The summed E-state index contributed by atoms with van der Waals surface area (Å²) in [5.74, 6) is 2.54. The summed E-state index contributed by atoms with van der Waals surface area (Å²) in [5, 5.41) is 6.29. The number of fused-ring (bicyclic) bond motifs is 2. The molecule has 1 aromatic heterocycles. The topological polar surface area (TPSA) is 43.4 Å². The normalized spacial score (nSPS) is 15.0. The molecule has 2 aromatic rings. The van der Waals surface area contributed by atoms with E-state index in [0.29, 0.717) is 18.5 Å². The van der Waals surface area contributed by atoms with E-state index in [2.05, 4.69) is 23.5 Å². The van der Waals surface area contributed by atoms with Crippen LogP contribution in [0.5, 0.6) is 11.5 Å². The van der Waals surface area contributed by atoms with E-state index in [1.54, 1.807) is 0 Å². The predicted molar refractivity (Wildman–Crippen MR) is 88.8 cm³/mol. The second kappa shape index (κ2) is 6.43. The van der Waals surface area contributed by atoms with Gasteiger partial charge in [0.05, 0.1) is 0 Å². The van der Waals surface area contributed by atoms with Crippen LogP contribution in [0.25, 0.3) is 10.8 Å². The lowest BCUT2D eigenvalue weighted by Gasteiger charge is -2.19. The standard InChI is InChI=1S/C16H20N2O2S/c1-11(21-2)3-5-17-16-13-10-15-14(19-7-8-20-15)9-12(13)4-6-18-16/h4,6,9-11H,3,5,7-8H2,1-2H3,(H,17,18). The molecule has 1 atom stereocenters. The van der Waals surface area contributed by atoms with Gasteiger partial charge in [0.15, 0.2) is 11.5 Å². The van der Waals surface area contributed by atoms with Crippen molar-refractivity contribution in [1.82, 2.24) is 4.98 Å². The van der Waals surface area contributed by atoms with Crippen LogP contribution in [0.1, 0.15) is 13.3 Å². The van der Waals surface area contributed by atoms with Gasteiger partial charge >= 0.3 is 0 Å². The number of nitrogens with one attached hydrogen (secondary N) is 1. The van der Waals surface area contributed by atoms with Gasteiger partial charge in [-0.15, -0.1) is 0 Å². The molecule has 112 valence electrons. The van der Waals surface area contributed by atoms with E-state index in [4.69, 9.17) is 9.47 Å². The Labute approximate surface area is 129 Å². The third kappa shape index (κ3) is 3.18. The maximum atomic E-state index is 5.66. The van der Waals surface area contributed by atoms with Gasteiger partial charge in [-0.3, -0.25) is 0 Å². The smallest absolute Gasteiger partial charge is 0.162 e. The molecule has 1 unspecified atom stereocenters. The molecule has 1 aliphatic rings. The maximum Gasteiger partial charge on any atom is 0.162 e. The fourth-order valence-electron chi connectivity index (χ4n) is 2.36. The molecule has 5 heteroatoms. The summed E-state index contributed by atoms with van der Waals surface area (Å²) >= 11 is 1.89. The first-order valence-electron chi connectivity index (χ1n) is 7.23. The second-order valence-electron chi connectivity index (χ2n) is 5.14. The quantitative estimate of drug-likeness (QED) is 0.915. The largest absolute Gasteiger partial charge is 0.486 e. The highest BCUT2D eigenvalue weighted by molar-refractivity contribution is 7.99. The molecule has 1 aliphatic heterocycles. The molecule has 4 nitrogen and oxygen atoms in total. The zero-order valence-electron chi connectivity index (χ0n) is 12.4. The Bertz CT molecular complexity index is 633. The van der Waals surface area contributed by atoms with Crippen molar-refractivity contribution in [2.45, 2.75) is 18.6 Å². The highest BCUT2D eigenvalue weighted by atomic mass is 32.2. The molecule has 0 saturated heterocycles. The van der Waals surface area contributed by atoms with Crippen molar-refractivity contribution in [3.05, 3.63) is 24.4 Å². The van der Waals surface area contributed by atoms with Gasteiger partial charge in [-0.05, 0) is 36.3 Å². The first kappa shape index (κ1) is 14.3. The van der Waals surface area contributed by atoms with Crippen LogP contribution in [0, 0.1) is 0 Å². The van der Waals surface area contributed by atoms with Crippen molar-refractivity contribution in [1.29, 1.82) is 0 Å². The van der Waals surface area contributed by atoms with Gasteiger partial charge < -0.3 is 14.8 Å². The van der Waals surface area contributed by atoms with Crippen LogP contribution < -0.4 is 14.8 Å². The average Bonchev–Trinajstić information content (AvgIpc) is 2.53. The molecule has 21 heavy (non-hydrogen) atoms. The number of pyridine rings is 1. The molecule has 0 aliphatic carbocycles. The second-order valence-corrected chi connectivity index (χ2v) is 6.41. The number of hydrogen-bond donors (Lipinski definition) is 1. The molecular formula is C16H20N2O2S. The number of ether oxygens (including phenoxy) is 2. The van der Waals surface area contributed by atoms with E-state index in [1.807, 2.05) is 36.2 Å². The molecule has 0 bridgehead atoms. The van der Waals surface area contributed by atoms with Crippen LogP contribution >= 0.6 is 11.8 Å². The van der Waals surface area contributed by atoms with Crippen molar-refractivity contribution in [3.63, 3.8) is 0 Å². The Morgan fingerprint density at radius 2 is 2.05 bits per heavy atom. The van der Waals surface area contributed by atoms with Crippen LogP contribution in [0.4, 0.5) is 5.82 Å². The van der Waals surface area contributed by atoms with Gasteiger partial charge in [0.2, 0.25) is 0 Å². The zero-order chi connectivity index (χ0) is 14.7. The molecule has 0 saturated carbocycles. The molecule has 0 spiro atoms. The van der Waals surface area contributed by atoms with E-state index < -0.39 is 0 Å². The Hall–Kier alpha value is -1.62. The molecule has 2 heterocycles. The first-order chi connectivity index (χ1) is 10.3. The lowest BCUT2D eigenvalue weighted by Crippen LogP contribution is -2.15. The van der Waals surface area contributed by atoms with Gasteiger partial charge in [0.25, 0.3) is 0 Å². The minimum atomic E-state index is 0.604. The van der Waals surface area contributed by atoms with Crippen molar-refractivity contribution in [2.75, 3.05) is 31.3 Å². The van der Waals surface area contributed by atoms with E-state index >= 15 is 0 Å². The third-order valence-electron chi connectivity index (χ3n) is 3.67. The Balaban J connectivity index is 1.85. The summed E-state index contributed by atoms with van der Waals surface area (Å²) in [6.07, 6.45) is 5.09. The lowest BCUT2D eigenvalue weighted by molar-refractivity contribution is 0.172. The summed E-state index contributed by atoms with van der Waals surface area (Å²) < 4.78 is 11.3. The van der Waals surface area contributed by atoms with Gasteiger partial charge in [-0.25, -0.2) is 4.98 Å². The lowest BCUT2D eigenvalue weighted by atomic mass is 10.1. The summed E-state index contributed by atoms with van der Waals surface area (Å²) in [6, 6.07) is 6.06. The number of aromatic nitrogens is 1. The van der Waals surface area contributed by atoms with Crippen LogP contribution in [0.3, 0.4) is 0 Å². The van der Waals surface area contributed by atoms with Crippen LogP contribution in [0.2, 0.25) is 0 Å². The van der Waals surface area contributed by atoms with Crippen LogP contribution in [0.15, 0.2) is 24.4 Å².